The predicted octanol–water partition coefficient (Wildman–Crippen LogP) is 6.90. The molecule has 3 saturated carbocycles. The highest BCUT2D eigenvalue weighted by Crippen LogP contribution is 2.45. The molecule has 3 N–H and O–H groups in total. The number of rotatable bonds is 13. The molecule has 3 saturated heterocycles. The van der Waals surface area contributed by atoms with Gasteiger partial charge in [0.1, 0.15) is 53.9 Å². The van der Waals surface area contributed by atoms with Crippen molar-refractivity contribution in [2.45, 2.75) is 268 Å². The Morgan fingerprint density at radius 1 is 0.610 bits per heavy atom. The topological polar surface area (TPSA) is 259 Å². The van der Waals surface area contributed by atoms with E-state index in [9.17, 15) is 59.9 Å². The summed E-state index contributed by atoms with van der Waals surface area (Å²) in [4.78, 5) is 174. The molecular weight excluding hydrogens is 1340 g/mol. The third kappa shape index (κ3) is 19.6. The van der Waals surface area contributed by atoms with Gasteiger partial charge in [0.25, 0.3) is 0 Å². The molecule has 3 unspecified atom stereocenters. The Kier molecular flexibility index (Phi) is 29.0. The summed E-state index contributed by atoms with van der Waals surface area (Å²) in [7, 11) is 8.45. The highest BCUT2D eigenvalue weighted by Gasteiger charge is 2.54. The quantitative estimate of drug-likeness (QED) is 0.126. The number of carbonyl (C=O) groups excluding carboxylic acids is 11. The molecule has 3 aliphatic heterocycles. The van der Waals surface area contributed by atoms with Gasteiger partial charge >= 0.3 is 12.4 Å². The van der Waals surface area contributed by atoms with E-state index in [1.807, 2.05) is 27.7 Å². The van der Waals surface area contributed by atoms with Crippen LogP contribution in [0, 0.1) is 41.4 Å². The van der Waals surface area contributed by atoms with Gasteiger partial charge in [-0.3, -0.25) is 52.7 Å². The zero-order valence-electron chi connectivity index (χ0n) is 61.3. The van der Waals surface area contributed by atoms with Crippen molar-refractivity contribution in [1.82, 2.24) is 55.1 Å². The van der Waals surface area contributed by atoms with Crippen LogP contribution in [0.3, 0.4) is 0 Å². The molecule has 15 atom stereocenters. The Morgan fingerprint density at radius 3 is 1.76 bits per heavy atom. The number of nitrogens with one attached hydrogen (secondary N) is 3. The Morgan fingerprint density at radius 2 is 1.23 bits per heavy atom. The van der Waals surface area contributed by atoms with Crippen molar-refractivity contribution in [2.24, 2.45) is 41.4 Å². The van der Waals surface area contributed by atoms with E-state index in [0.29, 0.717) is 19.3 Å². The molecule has 0 bridgehead atoms. The first-order valence-corrected chi connectivity index (χ1v) is 36.6. The van der Waals surface area contributed by atoms with Gasteiger partial charge in [0.05, 0.1) is 24.5 Å². The van der Waals surface area contributed by atoms with Gasteiger partial charge in [-0.15, -0.1) is 11.6 Å². The van der Waals surface area contributed by atoms with Crippen molar-refractivity contribution in [2.75, 3.05) is 68.5 Å². The minimum absolute atomic E-state index is 0.0499. The summed E-state index contributed by atoms with van der Waals surface area (Å²) in [6.45, 7) is 15.1. The Hall–Kier alpha value is -6.00. The van der Waals surface area contributed by atoms with Gasteiger partial charge in [-0.2, -0.15) is 26.3 Å². The van der Waals surface area contributed by atoms with Crippen molar-refractivity contribution in [3.05, 3.63) is 0 Å². The molecule has 0 aromatic carbocycles. The first kappa shape index (κ1) is 83.0. The fourth-order valence-electron chi connectivity index (χ4n) is 15.4. The maximum atomic E-state index is 15.4. The first-order valence-electron chi connectivity index (χ1n) is 36.1. The standard InChI is InChI=1S/C70H112ClF6N11O12/c1-16-40(6)57-65(97)83(12)43(9)61(93)87-31-28-51(87)64(96)85(14)54(35-45-20-24-46(25-21-45)69(72,73)74)63(95)81(10)38-55(89)78-50(27-23-44-22-26-48(49(71)34-44)70(75,76)77)62(94)88-37-47(100-18-3)36-53(88)60(92)80-68(29-19-30-68)67(99)86(15)58(41(7)17-2)66(98)82(11)42(8)33-56(90)84(13)52(32-39(4)5)59(91)79-57/h39-54,57-58H,16-38H2,1-15H3,(H,78,89)(H,79,91)(H,80,92)/t40-,41-,42+,43-,44?,45?,46?,47+,48?,49?,50-,51-,52-,53-,54-,57-,58-/m0/s1. The van der Waals surface area contributed by atoms with Gasteiger partial charge in [0, 0.05) is 86.2 Å². The molecule has 100 heavy (non-hydrogen) atoms. The van der Waals surface area contributed by atoms with Crippen LogP contribution >= 0.6 is 11.6 Å². The van der Waals surface area contributed by atoms with Gasteiger partial charge in [0.15, 0.2) is 0 Å². The highest BCUT2D eigenvalue weighted by atomic mass is 35.5. The van der Waals surface area contributed by atoms with E-state index in [2.05, 4.69) is 16.0 Å². The lowest BCUT2D eigenvalue weighted by atomic mass is 9.74. The smallest absolute Gasteiger partial charge is 0.377 e. The molecule has 1 spiro atoms. The molecule has 0 aromatic heterocycles. The Bertz CT molecular complexity index is 2920. The molecule has 23 nitrogen and oxygen atoms in total. The maximum Gasteiger partial charge on any atom is 0.393 e. The summed E-state index contributed by atoms with van der Waals surface area (Å²) >= 11 is 6.39. The number of ether oxygens (including phenoxy) is 1. The van der Waals surface area contributed by atoms with Crippen LogP contribution < -0.4 is 16.0 Å². The lowest BCUT2D eigenvalue weighted by Gasteiger charge is -2.46. The van der Waals surface area contributed by atoms with E-state index in [1.165, 1.54) is 78.6 Å². The maximum absolute atomic E-state index is 15.4. The van der Waals surface area contributed by atoms with Gasteiger partial charge < -0.3 is 59.9 Å². The van der Waals surface area contributed by atoms with Gasteiger partial charge in [-0.05, 0) is 147 Å². The minimum atomic E-state index is -4.55. The van der Waals surface area contributed by atoms with E-state index in [0.717, 1.165) is 9.80 Å². The summed E-state index contributed by atoms with van der Waals surface area (Å²) in [5, 5.41) is 7.35. The molecule has 6 aliphatic rings. The average Bonchev–Trinajstić information content (AvgIpc) is 1.10. The van der Waals surface area contributed by atoms with Crippen LogP contribution in [0.4, 0.5) is 26.3 Å². The van der Waals surface area contributed by atoms with Gasteiger partial charge in [0.2, 0.25) is 65.0 Å². The summed E-state index contributed by atoms with van der Waals surface area (Å²) in [5.74, 6) is -12.8. The van der Waals surface area contributed by atoms with E-state index in [-0.39, 0.29) is 128 Å². The number of carbonyl (C=O) groups is 11. The largest absolute Gasteiger partial charge is 0.393 e. The second-order valence-corrected chi connectivity index (χ2v) is 30.7. The fraction of sp³-hybridized carbons (Fsp3) is 0.843. The van der Waals surface area contributed by atoms with E-state index >= 15 is 19.2 Å². The molecule has 0 aromatic rings. The predicted molar refractivity (Wildman–Crippen MR) is 361 cm³/mol. The van der Waals surface area contributed by atoms with Crippen molar-refractivity contribution in [1.29, 1.82) is 0 Å². The Labute approximate surface area is 591 Å². The third-order valence-corrected chi connectivity index (χ3v) is 23.4. The third-order valence-electron chi connectivity index (χ3n) is 22.9. The monoisotopic (exact) mass is 1450 g/mol. The number of likely N-dealkylation sites (N-methyl/N-ethyl adjacent to an activating group) is 6. The van der Waals surface area contributed by atoms with Crippen LogP contribution in [-0.4, -0.2) is 256 Å². The fourth-order valence-corrected chi connectivity index (χ4v) is 15.9. The second kappa shape index (κ2) is 35.0. The molecule has 0 radical (unpaired) electrons. The van der Waals surface area contributed by atoms with Crippen molar-refractivity contribution in [3.8, 4) is 0 Å². The van der Waals surface area contributed by atoms with Crippen molar-refractivity contribution >= 4 is 76.6 Å². The lowest BCUT2D eigenvalue weighted by Crippen LogP contribution is -2.68. The van der Waals surface area contributed by atoms with Crippen LogP contribution in [0.2, 0.25) is 0 Å². The summed E-state index contributed by atoms with van der Waals surface area (Å²) in [6.07, 6.45) is -8.97. The molecule has 30 heteroatoms. The van der Waals surface area contributed by atoms with Crippen molar-refractivity contribution < 1.29 is 83.8 Å². The number of fused-ring (bicyclic) bond motifs is 2. The molecular formula is C70H112ClF6N11O12. The van der Waals surface area contributed by atoms with Gasteiger partial charge in [-0.1, -0.05) is 54.4 Å². The van der Waals surface area contributed by atoms with E-state index in [1.54, 1.807) is 27.7 Å². The lowest BCUT2D eigenvalue weighted by molar-refractivity contribution is -0.184. The summed E-state index contributed by atoms with van der Waals surface area (Å²) in [5.41, 5.74) is -1.56. The highest BCUT2D eigenvalue weighted by molar-refractivity contribution is 6.20. The molecule has 6 rings (SSSR count). The molecule has 3 heterocycles. The average molecular weight is 1450 g/mol. The summed E-state index contributed by atoms with van der Waals surface area (Å²) in [6, 6.07) is -10.8. The van der Waals surface area contributed by atoms with Crippen LogP contribution in [0.25, 0.3) is 0 Å². The van der Waals surface area contributed by atoms with Crippen LogP contribution in [-0.2, 0) is 57.5 Å². The van der Waals surface area contributed by atoms with E-state index in [4.69, 9.17) is 16.3 Å². The van der Waals surface area contributed by atoms with Crippen LogP contribution in [0.5, 0.6) is 0 Å². The molecule has 11 amide bonds. The van der Waals surface area contributed by atoms with Crippen molar-refractivity contribution in [3.63, 3.8) is 0 Å². The molecule has 3 aliphatic carbocycles. The zero-order valence-corrected chi connectivity index (χ0v) is 62.0. The Balaban J connectivity index is 1.41. The normalized spacial score (nSPS) is 32.5. The number of alkyl halides is 7. The van der Waals surface area contributed by atoms with Crippen LogP contribution in [0.1, 0.15) is 184 Å². The zero-order chi connectivity index (χ0) is 75.0. The molecule has 568 valence electrons. The van der Waals surface area contributed by atoms with E-state index < -0.39 is 191 Å². The second-order valence-electron chi connectivity index (χ2n) is 30.2. The van der Waals surface area contributed by atoms with Crippen LogP contribution in [0.15, 0.2) is 0 Å². The number of halogens is 7. The SMILES string of the molecule is CCO[C@@H]1C[C@H]2C(=O)NC3(CCC3)C(=O)N(C)[C@@H]([C@@H](C)CC)C(=O)N(C)[C@H](C)CC(=O)N(C)[C@@H](CC(C)C)C(=O)N[C@@H]([C@@H](C)CC)C(=O)N(C)[C@@H](C)C(=O)N3CC[C@H]3C(=O)N(C)[C@@H](CC3CCC(C(F)(F)F)CC3)C(=O)N(C)CC(=O)N[C@@H](CCC3CCC(C(F)(F)F)C(Cl)C3)C(=O)N2C1. The number of hydrogen-bond donors (Lipinski definition) is 3. The van der Waals surface area contributed by atoms with Gasteiger partial charge in [-0.25, -0.2) is 0 Å². The number of nitrogens with zero attached hydrogens (tertiary/aromatic N) is 8. The number of hydrogen-bond acceptors (Lipinski definition) is 12. The number of amides is 11. The summed E-state index contributed by atoms with van der Waals surface area (Å²) < 4.78 is 90.1. The minimum Gasteiger partial charge on any atom is -0.377 e. The molecule has 6 fully saturated rings. The first-order chi connectivity index (χ1) is 46.6.